The Bertz CT molecular complexity index is 467. The maximum Gasteiger partial charge on any atom is 0.131 e. The molecule has 0 heterocycles. The van der Waals surface area contributed by atoms with Gasteiger partial charge in [0.15, 0.2) is 0 Å². The van der Waals surface area contributed by atoms with Crippen LogP contribution in [0.5, 0.6) is 0 Å². The molecule has 0 saturated carbocycles. The topological polar surface area (TPSA) is 73.6 Å². The fourth-order valence-corrected chi connectivity index (χ4v) is 1.82. The van der Waals surface area contributed by atoms with Crippen molar-refractivity contribution in [2.24, 2.45) is 10.7 Å². The molecule has 1 aromatic carbocycles. The number of benzene rings is 1. The van der Waals surface area contributed by atoms with Crippen LogP contribution >= 0.6 is 0 Å². The second-order valence-electron chi connectivity index (χ2n) is 4.70. The predicted octanol–water partition coefficient (Wildman–Crippen LogP) is 3.41. The molecule has 0 aliphatic carbocycles. The van der Waals surface area contributed by atoms with E-state index in [4.69, 9.17) is 16.2 Å². The van der Waals surface area contributed by atoms with E-state index in [2.05, 4.69) is 11.9 Å². The maximum atomic E-state index is 6.02. The Balaban J connectivity index is 2.93. The van der Waals surface area contributed by atoms with Gasteiger partial charge in [-0.3, -0.25) is 4.99 Å². The monoisotopic (exact) mass is 275 g/mol. The Morgan fingerprint density at radius 3 is 2.60 bits per heavy atom. The van der Waals surface area contributed by atoms with Crippen molar-refractivity contribution in [3.05, 3.63) is 41.8 Å². The summed E-state index contributed by atoms with van der Waals surface area (Å²) in [6.45, 7) is 5.98. The summed E-state index contributed by atoms with van der Waals surface area (Å²) in [6.07, 6.45) is 5.10. The maximum absolute atomic E-state index is 6.02. The van der Waals surface area contributed by atoms with E-state index in [1.165, 1.54) is 0 Å². The first kappa shape index (κ1) is 16.2. The van der Waals surface area contributed by atoms with Gasteiger partial charge in [-0.25, -0.2) is 0 Å². The number of nitrogens with zero attached hydrogens (tertiary/aromatic N) is 1. The van der Waals surface area contributed by atoms with E-state index in [9.17, 15) is 0 Å². The quantitative estimate of drug-likeness (QED) is 0.455. The molecule has 1 rings (SSSR count). The molecule has 0 amide bonds. The first-order valence-electron chi connectivity index (χ1n) is 7.08. The molecular formula is C16H25N3O. The van der Waals surface area contributed by atoms with Crippen LogP contribution in [0.3, 0.4) is 0 Å². The molecule has 110 valence electrons. The zero-order chi connectivity index (χ0) is 15.0. The fourth-order valence-electron chi connectivity index (χ4n) is 1.82. The van der Waals surface area contributed by atoms with Gasteiger partial charge in [-0.05, 0) is 25.8 Å². The van der Waals surface area contributed by atoms with Crippen LogP contribution < -0.4 is 11.5 Å². The average molecular weight is 275 g/mol. The van der Waals surface area contributed by atoms with Gasteiger partial charge in [-0.2, -0.15) is 0 Å². The molecule has 2 atom stereocenters. The van der Waals surface area contributed by atoms with Gasteiger partial charge < -0.3 is 16.2 Å². The Morgan fingerprint density at radius 2 is 2.05 bits per heavy atom. The minimum absolute atomic E-state index is 0.106. The van der Waals surface area contributed by atoms with Crippen molar-refractivity contribution < 1.29 is 4.74 Å². The van der Waals surface area contributed by atoms with Crippen molar-refractivity contribution in [1.82, 2.24) is 0 Å². The van der Waals surface area contributed by atoms with E-state index < -0.39 is 0 Å². The zero-order valence-electron chi connectivity index (χ0n) is 12.5. The number of nitrogen functional groups attached to an aromatic ring is 1. The van der Waals surface area contributed by atoms with E-state index in [-0.39, 0.29) is 12.1 Å². The number of aliphatic imine (C=N–C) groups is 1. The zero-order valence-corrected chi connectivity index (χ0v) is 12.5. The Morgan fingerprint density at radius 1 is 1.35 bits per heavy atom. The van der Waals surface area contributed by atoms with Crippen molar-refractivity contribution in [3.63, 3.8) is 0 Å². The summed E-state index contributed by atoms with van der Waals surface area (Å²) in [7, 11) is 0. The molecule has 0 aliphatic rings. The third-order valence-corrected chi connectivity index (χ3v) is 2.93. The van der Waals surface area contributed by atoms with Crippen molar-refractivity contribution in [3.8, 4) is 0 Å². The first-order valence-corrected chi connectivity index (χ1v) is 7.08. The largest absolute Gasteiger partial charge is 0.487 e. The van der Waals surface area contributed by atoms with E-state index in [1.807, 2.05) is 44.3 Å². The molecule has 0 spiro atoms. The second kappa shape index (κ2) is 8.38. The average Bonchev–Trinajstić information content (AvgIpc) is 2.43. The van der Waals surface area contributed by atoms with Crippen LogP contribution in [0.4, 0.5) is 5.69 Å². The van der Waals surface area contributed by atoms with Gasteiger partial charge in [0.25, 0.3) is 0 Å². The summed E-state index contributed by atoms with van der Waals surface area (Å²) in [6, 6.07) is 7.54. The van der Waals surface area contributed by atoms with Gasteiger partial charge in [0.05, 0.1) is 12.2 Å². The molecule has 4 heteroatoms. The molecule has 20 heavy (non-hydrogen) atoms. The predicted molar refractivity (Wildman–Crippen MR) is 85.5 cm³/mol. The lowest BCUT2D eigenvalue weighted by Crippen LogP contribution is -2.21. The molecule has 1 aromatic rings. The molecule has 4 N–H and O–H groups in total. The van der Waals surface area contributed by atoms with Gasteiger partial charge in [-0.1, -0.05) is 32.0 Å². The van der Waals surface area contributed by atoms with Crippen LogP contribution in [0.25, 0.3) is 0 Å². The van der Waals surface area contributed by atoms with Crippen LogP contribution in [-0.4, -0.2) is 12.3 Å². The van der Waals surface area contributed by atoms with Gasteiger partial charge in [-0.15, -0.1) is 0 Å². The minimum atomic E-state index is -0.206. The SMILES string of the molecule is CCC=N/C=C(/OC(CC)c1ccccc1N)C(C)N. The van der Waals surface area contributed by atoms with E-state index >= 15 is 0 Å². The highest BCUT2D eigenvalue weighted by molar-refractivity contribution is 5.57. The van der Waals surface area contributed by atoms with Crippen LogP contribution in [-0.2, 0) is 4.74 Å². The van der Waals surface area contributed by atoms with Crippen molar-refractivity contribution >= 4 is 11.9 Å². The number of ether oxygens (including phenoxy) is 1. The lowest BCUT2D eigenvalue weighted by atomic mass is 10.1. The summed E-state index contributed by atoms with van der Waals surface area (Å²) in [4.78, 5) is 4.19. The minimum Gasteiger partial charge on any atom is -0.487 e. The van der Waals surface area contributed by atoms with Crippen molar-refractivity contribution in [2.75, 3.05) is 5.73 Å². The molecule has 0 fully saturated rings. The number of anilines is 1. The number of hydrogen-bond donors (Lipinski definition) is 2. The second-order valence-corrected chi connectivity index (χ2v) is 4.70. The van der Waals surface area contributed by atoms with Gasteiger partial charge in [0.1, 0.15) is 11.9 Å². The molecule has 4 nitrogen and oxygen atoms in total. The first-order chi connectivity index (χ1) is 9.60. The number of nitrogens with two attached hydrogens (primary N) is 2. The number of para-hydroxylation sites is 1. The third-order valence-electron chi connectivity index (χ3n) is 2.93. The van der Waals surface area contributed by atoms with Crippen LogP contribution in [0.15, 0.2) is 41.2 Å². The molecule has 0 bridgehead atoms. The summed E-state index contributed by atoms with van der Waals surface area (Å²) in [5.74, 6) is 0.671. The Labute approximate surface area is 121 Å². The van der Waals surface area contributed by atoms with Gasteiger partial charge in [0, 0.05) is 17.5 Å². The molecule has 0 radical (unpaired) electrons. The van der Waals surface area contributed by atoms with Gasteiger partial charge in [0.2, 0.25) is 0 Å². The van der Waals surface area contributed by atoms with E-state index in [0.717, 1.165) is 24.1 Å². The van der Waals surface area contributed by atoms with Gasteiger partial charge >= 0.3 is 0 Å². The molecule has 0 saturated heterocycles. The lowest BCUT2D eigenvalue weighted by Gasteiger charge is -2.22. The summed E-state index contributed by atoms with van der Waals surface area (Å²) in [5.41, 5.74) is 13.7. The highest BCUT2D eigenvalue weighted by atomic mass is 16.5. The van der Waals surface area contributed by atoms with Crippen molar-refractivity contribution in [1.29, 1.82) is 0 Å². The summed E-state index contributed by atoms with van der Waals surface area (Å²) >= 11 is 0. The molecule has 0 aliphatic heterocycles. The van der Waals surface area contributed by atoms with E-state index in [0.29, 0.717) is 5.76 Å². The highest BCUT2D eigenvalue weighted by Crippen LogP contribution is 2.28. The summed E-state index contributed by atoms with van der Waals surface area (Å²) in [5, 5.41) is 0. The fraction of sp³-hybridized carbons (Fsp3) is 0.438. The summed E-state index contributed by atoms with van der Waals surface area (Å²) < 4.78 is 6.02. The van der Waals surface area contributed by atoms with Crippen LogP contribution in [0.2, 0.25) is 0 Å². The smallest absolute Gasteiger partial charge is 0.131 e. The van der Waals surface area contributed by atoms with Crippen molar-refractivity contribution in [2.45, 2.75) is 45.8 Å². The normalized spacial score (nSPS) is 15.3. The lowest BCUT2D eigenvalue weighted by molar-refractivity contribution is 0.102. The molecule has 2 unspecified atom stereocenters. The Kier molecular flexibility index (Phi) is 6.81. The number of hydrogen-bond acceptors (Lipinski definition) is 4. The van der Waals surface area contributed by atoms with E-state index in [1.54, 1.807) is 6.20 Å². The highest BCUT2D eigenvalue weighted by Gasteiger charge is 2.16. The van der Waals surface area contributed by atoms with Crippen LogP contribution in [0, 0.1) is 0 Å². The van der Waals surface area contributed by atoms with Crippen LogP contribution in [0.1, 0.15) is 45.3 Å². The Hall–Kier alpha value is -1.81. The molecular weight excluding hydrogens is 250 g/mol. The standard InChI is InChI=1S/C16H25N3O/c1-4-10-19-11-16(12(3)17)20-15(5-2)13-8-6-7-9-14(13)18/h6-12,15H,4-5,17-18H2,1-3H3/b16-11+,19-10?. The number of rotatable bonds is 7. The third kappa shape index (κ3) is 4.70. The molecule has 0 aromatic heterocycles.